The molecule has 3 rings (SSSR count). The van der Waals surface area contributed by atoms with E-state index < -0.39 is 37.2 Å². The van der Waals surface area contributed by atoms with Crippen molar-refractivity contribution in [1.82, 2.24) is 14.1 Å². The topological polar surface area (TPSA) is 127 Å². The zero-order valence-corrected chi connectivity index (χ0v) is 22.4. The Bertz CT molecular complexity index is 1480. The van der Waals surface area contributed by atoms with Gasteiger partial charge in [-0.3, -0.25) is 9.13 Å². The van der Waals surface area contributed by atoms with Crippen molar-refractivity contribution in [2.24, 2.45) is 0 Å². The molecule has 2 heterocycles. The second kappa shape index (κ2) is 10.1. The van der Waals surface area contributed by atoms with Crippen molar-refractivity contribution < 1.29 is 26.3 Å². The molecule has 0 amide bonds. The molecule has 0 spiro atoms. The molecule has 2 aromatic heterocycles. The average molecular weight is 576 g/mol. The van der Waals surface area contributed by atoms with Crippen LogP contribution in [0.1, 0.15) is 18.7 Å². The van der Waals surface area contributed by atoms with Crippen molar-refractivity contribution in [3.05, 3.63) is 51.0 Å². The normalized spacial score (nSPS) is 13.2. The number of sulfone groups is 2. The van der Waals surface area contributed by atoms with E-state index in [9.17, 15) is 21.6 Å². The van der Waals surface area contributed by atoms with Gasteiger partial charge >= 0.3 is 5.69 Å². The average Bonchev–Trinajstić information content (AvgIpc) is 3.00. The van der Waals surface area contributed by atoms with Crippen molar-refractivity contribution >= 4 is 46.6 Å². The van der Waals surface area contributed by atoms with Crippen LogP contribution in [0.3, 0.4) is 0 Å². The van der Waals surface area contributed by atoms with E-state index in [2.05, 4.69) is 20.9 Å². The second-order valence-electron chi connectivity index (χ2n) is 7.85. The van der Waals surface area contributed by atoms with Gasteiger partial charge in [-0.15, -0.1) is 0 Å². The number of benzene rings is 1. The lowest BCUT2D eigenvalue weighted by atomic mass is 10.2. The van der Waals surface area contributed by atoms with Crippen LogP contribution in [0.5, 0.6) is 11.6 Å². The minimum atomic E-state index is -3.57. The van der Waals surface area contributed by atoms with Crippen LogP contribution in [0.2, 0.25) is 0 Å². The molecule has 0 aliphatic rings. The van der Waals surface area contributed by atoms with Crippen molar-refractivity contribution in [1.29, 1.82) is 0 Å². The smallest absolute Gasteiger partial charge is 0.329 e. The highest BCUT2D eigenvalue weighted by atomic mass is 79.9. The Morgan fingerprint density at radius 3 is 2.35 bits per heavy atom. The van der Waals surface area contributed by atoms with Gasteiger partial charge in [-0.05, 0) is 37.3 Å². The van der Waals surface area contributed by atoms with Crippen LogP contribution in [0.25, 0.3) is 11.0 Å². The van der Waals surface area contributed by atoms with E-state index in [1.807, 2.05) is 0 Å². The van der Waals surface area contributed by atoms with Gasteiger partial charge in [0, 0.05) is 23.5 Å². The molecule has 34 heavy (non-hydrogen) atoms. The first kappa shape index (κ1) is 26.2. The van der Waals surface area contributed by atoms with Crippen LogP contribution in [-0.4, -0.2) is 68.7 Å². The van der Waals surface area contributed by atoms with Crippen LogP contribution in [0.15, 0.2) is 39.6 Å². The van der Waals surface area contributed by atoms with Crippen LogP contribution >= 0.6 is 15.9 Å². The molecule has 13 heteroatoms. The highest BCUT2D eigenvalue weighted by Crippen LogP contribution is 2.30. The van der Waals surface area contributed by atoms with E-state index in [4.69, 9.17) is 9.47 Å². The van der Waals surface area contributed by atoms with Crippen LogP contribution in [-0.2, 0) is 26.2 Å². The number of nitrogens with zero attached hydrogens (tertiary/aromatic N) is 3. The minimum absolute atomic E-state index is 0.0799. The highest BCUT2D eigenvalue weighted by molar-refractivity contribution is 9.10. The van der Waals surface area contributed by atoms with Crippen molar-refractivity contribution in [3.63, 3.8) is 0 Å². The second-order valence-corrected chi connectivity index (χ2v) is 13.2. The molecular weight excluding hydrogens is 550 g/mol. The van der Waals surface area contributed by atoms with Crippen molar-refractivity contribution in [3.8, 4) is 11.6 Å². The SMILES string of the molecule is CCOc1nc(C(CS(C)(=O)=O)n2c(=O)n(CCS(C)(=O)=O)c3cc(Br)ccc32)ccc1OC. The molecule has 1 atom stereocenters. The molecule has 0 aliphatic carbocycles. The van der Waals surface area contributed by atoms with Crippen molar-refractivity contribution in [2.45, 2.75) is 19.5 Å². The molecule has 3 aromatic rings. The lowest BCUT2D eigenvalue weighted by Gasteiger charge is -2.19. The number of aromatic nitrogens is 3. The quantitative estimate of drug-likeness (QED) is 0.359. The van der Waals surface area contributed by atoms with E-state index in [0.29, 0.717) is 33.6 Å². The van der Waals surface area contributed by atoms with E-state index in [1.165, 1.54) is 16.2 Å². The zero-order valence-electron chi connectivity index (χ0n) is 19.2. The lowest BCUT2D eigenvalue weighted by molar-refractivity contribution is 0.296. The lowest BCUT2D eigenvalue weighted by Crippen LogP contribution is -2.33. The first-order chi connectivity index (χ1) is 15.8. The molecule has 186 valence electrons. The Morgan fingerprint density at radius 2 is 1.76 bits per heavy atom. The van der Waals surface area contributed by atoms with Gasteiger partial charge in [0.1, 0.15) is 19.7 Å². The summed E-state index contributed by atoms with van der Waals surface area (Å²) in [5.41, 5.74) is 0.675. The molecule has 1 unspecified atom stereocenters. The predicted octanol–water partition coefficient (Wildman–Crippen LogP) is 2.05. The maximum absolute atomic E-state index is 13.6. The Kier molecular flexibility index (Phi) is 7.78. The number of ether oxygens (including phenoxy) is 2. The standard InChI is InChI=1S/C21H26BrN3O7S2/c1-5-32-20-19(31-2)9-7-15(23-20)18(13-34(4,29)30)25-16-8-6-14(22)12-17(16)24(21(25)26)10-11-33(3,27)28/h6-9,12,18H,5,10-11,13H2,1-4H3. The molecule has 0 aliphatic heterocycles. The zero-order chi connectivity index (χ0) is 25.3. The Labute approximate surface area is 206 Å². The Morgan fingerprint density at radius 1 is 1.06 bits per heavy atom. The van der Waals surface area contributed by atoms with Crippen molar-refractivity contribution in [2.75, 3.05) is 37.7 Å². The third-order valence-electron chi connectivity index (χ3n) is 5.07. The summed E-state index contributed by atoms with van der Waals surface area (Å²) in [6, 6.07) is 7.30. The molecule has 0 N–H and O–H groups in total. The molecule has 0 radical (unpaired) electrons. The number of rotatable bonds is 10. The summed E-state index contributed by atoms with van der Waals surface area (Å²) in [5.74, 6) is -0.1000. The minimum Gasteiger partial charge on any atom is -0.491 e. The molecule has 0 saturated carbocycles. The van der Waals surface area contributed by atoms with Gasteiger partial charge in [0.05, 0.1) is 48.0 Å². The van der Waals surface area contributed by atoms with Gasteiger partial charge in [-0.25, -0.2) is 26.6 Å². The summed E-state index contributed by atoms with van der Waals surface area (Å²) in [4.78, 5) is 18.1. The van der Waals surface area contributed by atoms with Crippen LogP contribution in [0, 0.1) is 0 Å². The number of fused-ring (bicyclic) bond motifs is 1. The number of imidazole rings is 1. The van der Waals surface area contributed by atoms with Crippen LogP contribution < -0.4 is 15.2 Å². The van der Waals surface area contributed by atoms with E-state index >= 15 is 0 Å². The molecule has 1 aromatic carbocycles. The molecular formula is C21H26BrN3O7S2. The van der Waals surface area contributed by atoms with Gasteiger partial charge in [-0.2, -0.15) is 0 Å². The largest absolute Gasteiger partial charge is 0.491 e. The fraction of sp³-hybridized carbons (Fsp3) is 0.429. The number of hydrogen-bond acceptors (Lipinski definition) is 8. The van der Waals surface area contributed by atoms with Gasteiger partial charge in [0.2, 0.25) is 0 Å². The van der Waals surface area contributed by atoms with Gasteiger partial charge in [0.25, 0.3) is 5.88 Å². The van der Waals surface area contributed by atoms with Gasteiger partial charge in [0.15, 0.2) is 5.75 Å². The number of hydrogen-bond donors (Lipinski definition) is 0. The summed E-state index contributed by atoms with van der Waals surface area (Å²) in [6.45, 7) is 2.01. The third kappa shape index (κ3) is 5.99. The van der Waals surface area contributed by atoms with E-state index in [-0.39, 0.29) is 18.2 Å². The number of halogens is 1. The monoisotopic (exact) mass is 575 g/mol. The van der Waals surface area contributed by atoms with E-state index in [1.54, 1.807) is 37.3 Å². The summed E-state index contributed by atoms with van der Waals surface area (Å²) in [7, 11) is -5.45. The van der Waals surface area contributed by atoms with E-state index in [0.717, 1.165) is 12.5 Å². The van der Waals surface area contributed by atoms with Crippen LogP contribution in [0.4, 0.5) is 0 Å². The first-order valence-corrected chi connectivity index (χ1v) is 15.2. The first-order valence-electron chi connectivity index (χ1n) is 10.3. The molecule has 10 nitrogen and oxygen atoms in total. The number of pyridine rings is 1. The Hall–Kier alpha value is -2.38. The number of aryl methyl sites for hydroxylation is 1. The Balaban J connectivity index is 2.30. The summed E-state index contributed by atoms with van der Waals surface area (Å²) in [5, 5.41) is 0. The maximum atomic E-state index is 13.6. The van der Waals surface area contributed by atoms with Gasteiger partial charge in [-0.1, -0.05) is 15.9 Å². The predicted molar refractivity (Wildman–Crippen MR) is 133 cm³/mol. The summed E-state index contributed by atoms with van der Waals surface area (Å²) >= 11 is 3.38. The molecule has 0 bridgehead atoms. The third-order valence-corrected chi connectivity index (χ3v) is 7.41. The number of methoxy groups -OCH3 is 1. The van der Waals surface area contributed by atoms with Gasteiger partial charge < -0.3 is 9.47 Å². The highest BCUT2D eigenvalue weighted by Gasteiger charge is 2.28. The summed E-state index contributed by atoms with van der Waals surface area (Å²) in [6.07, 6.45) is 2.17. The maximum Gasteiger partial charge on any atom is 0.329 e. The summed E-state index contributed by atoms with van der Waals surface area (Å²) < 4.78 is 62.5. The fourth-order valence-corrected chi connectivity index (χ4v) is 5.39. The molecule has 0 fully saturated rings. The fourth-order valence-electron chi connectivity index (χ4n) is 3.63. The molecule has 0 saturated heterocycles.